The third-order valence-electron chi connectivity index (χ3n) is 8.17. The molecule has 0 bridgehead atoms. The third-order valence-corrected chi connectivity index (χ3v) is 8.17. The largest absolute Gasteiger partial charge is 0.412 e. The Kier molecular flexibility index (Phi) is 17.9. The summed E-state index contributed by atoms with van der Waals surface area (Å²) in [5, 5.41) is 2.76. The van der Waals surface area contributed by atoms with Gasteiger partial charge in [0, 0.05) is 11.5 Å². The molecule has 0 saturated carbocycles. The molecule has 0 saturated heterocycles. The van der Waals surface area contributed by atoms with Crippen molar-refractivity contribution in [1.29, 1.82) is 0 Å². The first-order valence-electron chi connectivity index (χ1n) is 15.4. The summed E-state index contributed by atoms with van der Waals surface area (Å²) in [6.07, 6.45) is 25.6. The summed E-state index contributed by atoms with van der Waals surface area (Å²) >= 11 is 0. The molecule has 2 aromatic carbocycles. The molecule has 1 unspecified atom stereocenters. The first-order valence-corrected chi connectivity index (χ1v) is 15.4. The Hall–Kier alpha value is -1.38. The lowest BCUT2D eigenvalue weighted by atomic mass is 9.71. The quantitative estimate of drug-likeness (QED) is 0.171. The second-order valence-corrected chi connectivity index (χ2v) is 11.2. The van der Waals surface area contributed by atoms with Crippen LogP contribution in [0.1, 0.15) is 154 Å². The molecule has 0 heterocycles. The van der Waals surface area contributed by atoms with Crippen molar-refractivity contribution in [2.24, 2.45) is 5.73 Å². The van der Waals surface area contributed by atoms with Gasteiger partial charge in [-0.2, -0.15) is 0 Å². The molecule has 206 valence electrons. The first kappa shape index (κ1) is 32.6. The van der Waals surface area contributed by atoms with E-state index in [9.17, 15) is 0 Å². The van der Waals surface area contributed by atoms with Crippen LogP contribution >= 0.6 is 0 Å². The Morgan fingerprint density at radius 2 is 1.06 bits per heavy atom. The van der Waals surface area contributed by atoms with Gasteiger partial charge in [-0.15, -0.1) is 0 Å². The minimum atomic E-state index is -0.0931. The van der Waals surface area contributed by atoms with Crippen molar-refractivity contribution in [3.63, 3.8) is 0 Å². The van der Waals surface area contributed by atoms with Gasteiger partial charge in [0.25, 0.3) is 0 Å². The molecule has 0 aromatic heterocycles. The fourth-order valence-corrected chi connectivity index (χ4v) is 6.25. The summed E-state index contributed by atoms with van der Waals surface area (Å²) in [6.45, 7) is 6.89. The van der Waals surface area contributed by atoms with Crippen LogP contribution in [-0.4, -0.2) is 11.0 Å². The summed E-state index contributed by atoms with van der Waals surface area (Å²) in [5.41, 5.74) is 8.64. The van der Waals surface area contributed by atoms with Crippen LogP contribution in [0.25, 0.3) is 10.8 Å². The van der Waals surface area contributed by atoms with Gasteiger partial charge in [0.1, 0.15) is 0 Å². The van der Waals surface area contributed by atoms with E-state index in [4.69, 9.17) is 5.73 Å². The number of unbranched alkanes of at least 4 members (excludes halogenated alkanes) is 13. The van der Waals surface area contributed by atoms with E-state index >= 15 is 0 Å². The van der Waals surface area contributed by atoms with Crippen LogP contribution in [0.5, 0.6) is 0 Å². The van der Waals surface area contributed by atoms with E-state index in [2.05, 4.69) is 63.2 Å². The Balaban J connectivity index is 0.00000648. The zero-order valence-electron chi connectivity index (χ0n) is 24.1. The molecule has 1 atom stereocenters. The molecule has 0 amide bonds. The van der Waals surface area contributed by atoms with Gasteiger partial charge in [0.15, 0.2) is 0 Å². The Bertz CT molecular complexity index is 774. The maximum atomic E-state index is 7.24. The molecule has 0 radical (unpaired) electrons. The van der Waals surface area contributed by atoms with Gasteiger partial charge in [0.05, 0.1) is 0 Å². The lowest BCUT2D eigenvalue weighted by molar-refractivity contribution is 0.276. The highest BCUT2D eigenvalue weighted by Gasteiger charge is 2.34. The zero-order valence-corrected chi connectivity index (χ0v) is 24.1. The van der Waals surface area contributed by atoms with Gasteiger partial charge in [-0.25, -0.2) is 0 Å². The molecule has 2 aromatic rings. The molecular formula is C34H59NO. The van der Waals surface area contributed by atoms with Gasteiger partial charge >= 0.3 is 0 Å². The Morgan fingerprint density at radius 3 is 1.58 bits per heavy atom. The monoisotopic (exact) mass is 497 g/mol. The topological polar surface area (TPSA) is 57.5 Å². The number of benzene rings is 2. The maximum absolute atomic E-state index is 7.24. The number of nitrogens with two attached hydrogens (primary N) is 1. The molecule has 0 spiro atoms. The van der Waals surface area contributed by atoms with Crippen LogP contribution in [0.15, 0.2) is 42.5 Å². The van der Waals surface area contributed by atoms with Gasteiger partial charge in [-0.3, -0.25) is 0 Å². The van der Waals surface area contributed by atoms with Crippen molar-refractivity contribution >= 4 is 10.8 Å². The van der Waals surface area contributed by atoms with E-state index in [-0.39, 0.29) is 11.0 Å². The fraction of sp³-hybridized carbons (Fsp3) is 0.706. The highest BCUT2D eigenvalue weighted by atomic mass is 16.0. The summed E-state index contributed by atoms with van der Waals surface area (Å²) in [5.74, 6) is 0.450. The minimum Gasteiger partial charge on any atom is -0.412 e. The van der Waals surface area contributed by atoms with Crippen molar-refractivity contribution in [2.45, 2.75) is 154 Å². The smallest absolute Gasteiger partial charge is 0.0223 e. The van der Waals surface area contributed by atoms with Crippen LogP contribution in [0.3, 0.4) is 0 Å². The maximum Gasteiger partial charge on any atom is 0.0223 e. The number of fused-ring (bicyclic) bond motifs is 1. The van der Waals surface area contributed by atoms with E-state index < -0.39 is 0 Å². The lowest BCUT2D eigenvalue weighted by Gasteiger charge is -2.39. The van der Waals surface area contributed by atoms with Crippen LogP contribution in [-0.2, 0) is 0 Å². The molecule has 2 heteroatoms. The van der Waals surface area contributed by atoms with Gasteiger partial charge in [0.2, 0.25) is 0 Å². The molecule has 0 aliphatic heterocycles. The van der Waals surface area contributed by atoms with E-state index in [1.165, 1.54) is 113 Å². The molecule has 2 nitrogen and oxygen atoms in total. The van der Waals surface area contributed by atoms with E-state index in [0.29, 0.717) is 5.92 Å². The van der Waals surface area contributed by atoms with Gasteiger partial charge in [-0.05, 0) is 35.6 Å². The summed E-state index contributed by atoms with van der Waals surface area (Å²) in [6, 6.07) is 15.8. The van der Waals surface area contributed by atoms with Crippen LogP contribution < -0.4 is 5.73 Å². The molecule has 0 aliphatic rings. The molecular weight excluding hydrogens is 438 g/mol. The first-order chi connectivity index (χ1) is 17.2. The molecule has 2 rings (SSSR count). The normalized spacial score (nSPS) is 12.6. The van der Waals surface area contributed by atoms with E-state index in [1.54, 1.807) is 0 Å². The average Bonchev–Trinajstić information content (AvgIpc) is 2.86. The standard InChI is InChI=1S/C34H57N.H2O/c1-4-7-8-9-10-11-12-13-14-15-16-17-18-19-27-33(34(35,28-5-2)29-6-3)32-26-22-24-30-23-20-21-25-31(30)32;/h20-26,33H,4-19,27-29,35H2,1-3H3;1H2. The highest BCUT2D eigenvalue weighted by Crippen LogP contribution is 2.40. The SMILES string of the molecule is CCCCCCCCCCCCCCCCC(c1cccc2ccccc12)C(N)(CCC)CCC.O. The molecule has 4 N–H and O–H groups in total. The Morgan fingerprint density at radius 1 is 0.583 bits per heavy atom. The minimum absolute atomic E-state index is 0. The van der Waals surface area contributed by atoms with Crippen molar-refractivity contribution in [2.75, 3.05) is 0 Å². The van der Waals surface area contributed by atoms with Crippen LogP contribution in [0.4, 0.5) is 0 Å². The van der Waals surface area contributed by atoms with Crippen molar-refractivity contribution in [1.82, 2.24) is 0 Å². The Labute approximate surface area is 224 Å². The predicted octanol–water partition coefficient (Wildman–Crippen LogP) is 10.3. The third kappa shape index (κ3) is 11.3. The van der Waals surface area contributed by atoms with Gasteiger partial charge in [-0.1, -0.05) is 166 Å². The fourth-order valence-electron chi connectivity index (χ4n) is 6.25. The van der Waals surface area contributed by atoms with Crippen molar-refractivity contribution < 1.29 is 5.48 Å². The summed E-state index contributed by atoms with van der Waals surface area (Å²) in [4.78, 5) is 0. The molecule has 0 fully saturated rings. The summed E-state index contributed by atoms with van der Waals surface area (Å²) in [7, 11) is 0. The second-order valence-electron chi connectivity index (χ2n) is 11.2. The van der Waals surface area contributed by atoms with Crippen LogP contribution in [0.2, 0.25) is 0 Å². The van der Waals surface area contributed by atoms with Crippen LogP contribution in [0, 0.1) is 0 Å². The zero-order chi connectivity index (χ0) is 25.2. The average molecular weight is 498 g/mol. The number of rotatable bonds is 21. The second kappa shape index (κ2) is 19.7. The van der Waals surface area contributed by atoms with Crippen molar-refractivity contribution in [3.05, 3.63) is 48.0 Å². The highest BCUT2D eigenvalue weighted by molar-refractivity contribution is 5.86. The lowest BCUT2D eigenvalue weighted by Crippen LogP contribution is -2.45. The van der Waals surface area contributed by atoms with E-state index in [1.807, 2.05) is 0 Å². The van der Waals surface area contributed by atoms with E-state index in [0.717, 1.165) is 25.7 Å². The summed E-state index contributed by atoms with van der Waals surface area (Å²) < 4.78 is 0. The molecule has 0 aliphatic carbocycles. The predicted molar refractivity (Wildman–Crippen MR) is 162 cm³/mol. The molecule has 36 heavy (non-hydrogen) atoms. The van der Waals surface area contributed by atoms with Crippen molar-refractivity contribution in [3.8, 4) is 0 Å². The number of hydrogen-bond donors (Lipinski definition) is 1. The number of hydrogen-bond acceptors (Lipinski definition) is 1. The van der Waals surface area contributed by atoms with Gasteiger partial charge < -0.3 is 11.2 Å².